The van der Waals surface area contributed by atoms with Gasteiger partial charge in [-0.2, -0.15) is 0 Å². The van der Waals surface area contributed by atoms with Crippen molar-refractivity contribution in [2.75, 3.05) is 11.9 Å². The number of anilines is 1. The van der Waals surface area contributed by atoms with Gasteiger partial charge < -0.3 is 14.8 Å². The lowest BCUT2D eigenvalue weighted by atomic mass is 10.2. The second-order valence-corrected chi connectivity index (χ2v) is 5.02. The first-order valence-electron chi connectivity index (χ1n) is 7.05. The first kappa shape index (κ1) is 16.2. The van der Waals surface area contributed by atoms with E-state index < -0.39 is 6.10 Å². The third-order valence-corrected chi connectivity index (χ3v) is 3.27. The van der Waals surface area contributed by atoms with Crippen LogP contribution in [0.1, 0.15) is 13.8 Å². The molecule has 1 amide bonds. The quantitative estimate of drug-likeness (QED) is 0.870. The van der Waals surface area contributed by atoms with Crippen LogP contribution in [0.15, 0.2) is 48.5 Å². The summed E-state index contributed by atoms with van der Waals surface area (Å²) >= 11 is 6.02. The lowest BCUT2D eigenvalue weighted by molar-refractivity contribution is -0.122. The molecule has 5 heteroatoms. The summed E-state index contributed by atoms with van der Waals surface area (Å²) in [5, 5.41) is 3.27. The van der Waals surface area contributed by atoms with Crippen molar-refractivity contribution in [3.8, 4) is 11.5 Å². The number of benzene rings is 2. The fraction of sp³-hybridized carbons (Fsp3) is 0.235. The Morgan fingerprint density at radius 1 is 1.14 bits per heavy atom. The molecule has 1 N–H and O–H groups in total. The molecule has 0 aliphatic rings. The van der Waals surface area contributed by atoms with E-state index in [4.69, 9.17) is 21.1 Å². The largest absolute Gasteiger partial charge is 0.492 e. The molecule has 0 saturated carbocycles. The van der Waals surface area contributed by atoms with Gasteiger partial charge in [0.25, 0.3) is 5.91 Å². The lowest BCUT2D eigenvalue weighted by Gasteiger charge is -2.17. The molecule has 0 spiro atoms. The van der Waals surface area contributed by atoms with Gasteiger partial charge in [0.1, 0.15) is 11.5 Å². The monoisotopic (exact) mass is 319 g/mol. The molecule has 2 aromatic rings. The average molecular weight is 320 g/mol. The van der Waals surface area contributed by atoms with Crippen LogP contribution in [0.3, 0.4) is 0 Å². The number of halogens is 1. The molecule has 0 saturated heterocycles. The normalized spacial score (nSPS) is 11.6. The number of ether oxygens (including phenoxy) is 2. The van der Waals surface area contributed by atoms with Gasteiger partial charge in [-0.1, -0.05) is 35.9 Å². The van der Waals surface area contributed by atoms with Gasteiger partial charge in [0.2, 0.25) is 0 Å². The van der Waals surface area contributed by atoms with Crippen molar-refractivity contribution in [3.63, 3.8) is 0 Å². The molecule has 116 valence electrons. The summed E-state index contributed by atoms with van der Waals surface area (Å²) in [5.41, 5.74) is 0.615. The van der Waals surface area contributed by atoms with Gasteiger partial charge in [-0.15, -0.1) is 0 Å². The van der Waals surface area contributed by atoms with Crippen LogP contribution in [0.2, 0.25) is 5.02 Å². The smallest absolute Gasteiger partial charge is 0.265 e. The minimum atomic E-state index is -0.686. The van der Waals surface area contributed by atoms with Gasteiger partial charge in [0.15, 0.2) is 6.10 Å². The van der Waals surface area contributed by atoms with Gasteiger partial charge in [0, 0.05) is 0 Å². The highest BCUT2D eigenvalue weighted by molar-refractivity contribution is 6.32. The Bertz CT molecular complexity index is 645. The van der Waals surface area contributed by atoms with Crippen molar-refractivity contribution in [2.45, 2.75) is 20.0 Å². The van der Waals surface area contributed by atoms with Gasteiger partial charge >= 0.3 is 0 Å². The molecule has 0 unspecified atom stereocenters. The maximum absolute atomic E-state index is 12.2. The van der Waals surface area contributed by atoms with Crippen LogP contribution in [-0.2, 0) is 4.79 Å². The summed E-state index contributed by atoms with van der Waals surface area (Å²) in [5.74, 6) is 0.834. The van der Waals surface area contributed by atoms with Crippen LogP contribution in [0.4, 0.5) is 5.69 Å². The standard InChI is InChI=1S/C17H18ClNO3/c1-3-21-16-11-7-5-9-14(16)19-17(20)12(2)22-15-10-6-4-8-13(15)18/h4-12H,3H2,1-2H3,(H,19,20)/t12-/m0/s1. The van der Waals surface area contributed by atoms with Crippen LogP contribution in [0.25, 0.3) is 0 Å². The van der Waals surface area contributed by atoms with Gasteiger partial charge in [-0.25, -0.2) is 0 Å². The lowest BCUT2D eigenvalue weighted by Crippen LogP contribution is -2.30. The Kier molecular flexibility index (Phi) is 5.67. The van der Waals surface area contributed by atoms with E-state index >= 15 is 0 Å². The first-order chi connectivity index (χ1) is 10.6. The summed E-state index contributed by atoms with van der Waals surface area (Å²) in [6.45, 7) is 4.09. The molecule has 1 atom stereocenters. The zero-order valence-corrected chi connectivity index (χ0v) is 13.3. The van der Waals surface area contributed by atoms with E-state index in [0.29, 0.717) is 28.8 Å². The maximum Gasteiger partial charge on any atom is 0.265 e. The van der Waals surface area contributed by atoms with E-state index in [2.05, 4.69) is 5.32 Å². The molecule has 0 heterocycles. The molecular formula is C17H18ClNO3. The van der Waals surface area contributed by atoms with Crippen molar-refractivity contribution in [1.82, 2.24) is 0 Å². The average Bonchev–Trinajstić information content (AvgIpc) is 2.51. The van der Waals surface area contributed by atoms with Crippen LogP contribution in [0.5, 0.6) is 11.5 Å². The zero-order valence-electron chi connectivity index (χ0n) is 12.5. The van der Waals surface area contributed by atoms with Crippen molar-refractivity contribution < 1.29 is 14.3 Å². The molecule has 0 bridgehead atoms. The van der Waals surface area contributed by atoms with Crippen LogP contribution in [0, 0.1) is 0 Å². The van der Waals surface area contributed by atoms with Crippen LogP contribution >= 0.6 is 11.6 Å². The van der Waals surface area contributed by atoms with Crippen molar-refractivity contribution in [2.24, 2.45) is 0 Å². The van der Waals surface area contributed by atoms with E-state index in [1.807, 2.05) is 19.1 Å². The molecule has 2 aromatic carbocycles. The Balaban J connectivity index is 2.04. The summed E-state index contributed by atoms with van der Waals surface area (Å²) in [4.78, 5) is 12.2. The molecule has 0 aromatic heterocycles. The number of nitrogens with one attached hydrogen (secondary N) is 1. The Morgan fingerprint density at radius 3 is 2.45 bits per heavy atom. The molecular weight excluding hydrogens is 302 g/mol. The van der Waals surface area contributed by atoms with E-state index in [1.54, 1.807) is 43.3 Å². The Labute approximate surface area is 135 Å². The maximum atomic E-state index is 12.2. The molecule has 0 radical (unpaired) electrons. The molecule has 22 heavy (non-hydrogen) atoms. The molecule has 2 rings (SSSR count). The van der Waals surface area contributed by atoms with E-state index in [1.165, 1.54) is 0 Å². The highest BCUT2D eigenvalue weighted by atomic mass is 35.5. The number of carbonyl (C=O) groups is 1. The van der Waals surface area contributed by atoms with Crippen molar-refractivity contribution in [3.05, 3.63) is 53.6 Å². The predicted octanol–water partition coefficient (Wildman–Crippen LogP) is 4.14. The van der Waals surface area contributed by atoms with Crippen molar-refractivity contribution >= 4 is 23.2 Å². The highest BCUT2D eigenvalue weighted by Crippen LogP contribution is 2.26. The number of hydrogen-bond acceptors (Lipinski definition) is 3. The minimum Gasteiger partial charge on any atom is -0.492 e. The molecule has 4 nitrogen and oxygen atoms in total. The molecule has 0 fully saturated rings. The SMILES string of the molecule is CCOc1ccccc1NC(=O)[C@H](C)Oc1ccccc1Cl. The topological polar surface area (TPSA) is 47.6 Å². The van der Waals surface area contributed by atoms with E-state index in [0.717, 1.165) is 0 Å². The fourth-order valence-electron chi connectivity index (χ4n) is 1.87. The zero-order chi connectivity index (χ0) is 15.9. The minimum absolute atomic E-state index is 0.271. The van der Waals surface area contributed by atoms with E-state index in [9.17, 15) is 4.79 Å². The van der Waals surface area contributed by atoms with Gasteiger partial charge in [-0.05, 0) is 38.1 Å². The number of amides is 1. The summed E-state index contributed by atoms with van der Waals surface area (Å²) in [6.07, 6.45) is -0.686. The molecule has 0 aliphatic carbocycles. The third kappa shape index (κ3) is 4.15. The third-order valence-electron chi connectivity index (χ3n) is 2.95. The Hall–Kier alpha value is -2.20. The number of para-hydroxylation sites is 3. The van der Waals surface area contributed by atoms with Crippen LogP contribution in [-0.4, -0.2) is 18.6 Å². The van der Waals surface area contributed by atoms with E-state index in [-0.39, 0.29) is 5.91 Å². The van der Waals surface area contributed by atoms with Crippen molar-refractivity contribution in [1.29, 1.82) is 0 Å². The van der Waals surface area contributed by atoms with Crippen LogP contribution < -0.4 is 14.8 Å². The summed E-state index contributed by atoms with van der Waals surface area (Å²) in [7, 11) is 0. The number of hydrogen-bond donors (Lipinski definition) is 1. The molecule has 0 aliphatic heterocycles. The second-order valence-electron chi connectivity index (χ2n) is 4.61. The highest BCUT2D eigenvalue weighted by Gasteiger charge is 2.17. The van der Waals surface area contributed by atoms with Gasteiger partial charge in [-0.3, -0.25) is 4.79 Å². The fourth-order valence-corrected chi connectivity index (χ4v) is 2.05. The second kappa shape index (κ2) is 7.71. The number of carbonyl (C=O) groups excluding carboxylic acids is 1. The predicted molar refractivity (Wildman–Crippen MR) is 87.8 cm³/mol. The summed E-state index contributed by atoms with van der Waals surface area (Å²) in [6, 6.07) is 14.3. The summed E-state index contributed by atoms with van der Waals surface area (Å²) < 4.78 is 11.1. The number of rotatable bonds is 6. The van der Waals surface area contributed by atoms with Gasteiger partial charge in [0.05, 0.1) is 17.3 Å². The Morgan fingerprint density at radius 2 is 1.77 bits per heavy atom. The first-order valence-corrected chi connectivity index (χ1v) is 7.43.